The Morgan fingerprint density at radius 3 is 2.91 bits per heavy atom. The van der Waals surface area contributed by atoms with E-state index in [4.69, 9.17) is 9.47 Å². The minimum atomic E-state index is -0.284. The van der Waals surface area contributed by atoms with Gasteiger partial charge in [-0.1, -0.05) is 0 Å². The van der Waals surface area contributed by atoms with Gasteiger partial charge >= 0.3 is 0 Å². The maximum absolute atomic E-state index is 13.4. The average Bonchev–Trinajstić information content (AvgIpc) is 2.99. The van der Waals surface area contributed by atoms with Gasteiger partial charge in [-0.25, -0.2) is 4.39 Å². The first-order valence-corrected chi connectivity index (χ1v) is 7.08. The zero-order valence-corrected chi connectivity index (χ0v) is 13.0. The van der Waals surface area contributed by atoms with Crippen LogP contribution in [0.2, 0.25) is 0 Å². The molecule has 1 atom stereocenters. The van der Waals surface area contributed by atoms with Crippen molar-refractivity contribution < 1.29 is 13.9 Å². The first kappa shape index (κ1) is 16.4. The molecule has 0 aliphatic carbocycles. The molecule has 2 rings (SSSR count). The average molecular weight is 308 g/mol. The summed E-state index contributed by atoms with van der Waals surface area (Å²) in [6, 6.07) is 4.44. The molecule has 1 N–H and O–H groups in total. The summed E-state index contributed by atoms with van der Waals surface area (Å²) in [5, 5.41) is 11.4. The summed E-state index contributed by atoms with van der Waals surface area (Å²) in [5.41, 5.74) is 0.761. The molecule has 1 heterocycles. The molecule has 0 saturated carbocycles. The van der Waals surface area contributed by atoms with E-state index in [1.165, 1.54) is 12.1 Å². The van der Waals surface area contributed by atoms with E-state index in [-0.39, 0.29) is 11.9 Å². The first-order valence-electron chi connectivity index (χ1n) is 7.08. The number of hydrogen-bond acceptors (Lipinski definition) is 5. The molecule has 22 heavy (non-hydrogen) atoms. The smallest absolute Gasteiger partial charge is 0.149 e. The van der Waals surface area contributed by atoms with Crippen molar-refractivity contribution in [3.05, 3.63) is 41.7 Å². The van der Waals surface area contributed by atoms with Crippen molar-refractivity contribution >= 4 is 0 Å². The Labute approximate surface area is 129 Å². The highest BCUT2D eigenvalue weighted by Crippen LogP contribution is 2.20. The highest BCUT2D eigenvalue weighted by Gasteiger charge is 2.14. The number of benzene rings is 1. The zero-order valence-electron chi connectivity index (χ0n) is 13.0. The molecule has 2 aromatic rings. The van der Waals surface area contributed by atoms with Crippen LogP contribution in [0.4, 0.5) is 4.39 Å². The van der Waals surface area contributed by atoms with Gasteiger partial charge in [0, 0.05) is 25.8 Å². The summed E-state index contributed by atoms with van der Waals surface area (Å²) in [4.78, 5) is 0. The van der Waals surface area contributed by atoms with Crippen molar-refractivity contribution in [1.82, 2.24) is 20.1 Å². The fourth-order valence-corrected chi connectivity index (χ4v) is 2.20. The number of aromatic nitrogens is 3. The van der Waals surface area contributed by atoms with E-state index in [9.17, 15) is 4.39 Å². The molecule has 0 radical (unpaired) electrons. The van der Waals surface area contributed by atoms with Gasteiger partial charge in [-0.15, -0.1) is 10.2 Å². The second-order valence-electron chi connectivity index (χ2n) is 4.93. The molecule has 1 aromatic carbocycles. The minimum absolute atomic E-state index is 0.0349. The fraction of sp³-hybridized carbons (Fsp3) is 0.467. The summed E-state index contributed by atoms with van der Waals surface area (Å²) in [5.74, 6) is 1.18. The van der Waals surface area contributed by atoms with Crippen molar-refractivity contribution in [2.75, 3.05) is 20.8 Å². The molecular formula is C15H21FN4O2. The standard InChI is InChI=1S/C15H21FN4O2/c1-11(15-19-18-10-20(15)6-7-21-2)17-9-12-8-13(16)4-5-14(12)22-3/h4-5,8,10-11,17H,6-7,9H2,1-3H3. The molecule has 0 fully saturated rings. The van der Waals surface area contributed by atoms with Gasteiger partial charge in [0.25, 0.3) is 0 Å². The number of ether oxygens (including phenoxy) is 2. The molecule has 0 spiro atoms. The van der Waals surface area contributed by atoms with Crippen molar-refractivity contribution in [3.8, 4) is 5.75 Å². The Morgan fingerprint density at radius 1 is 1.36 bits per heavy atom. The number of methoxy groups -OCH3 is 2. The maximum Gasteiger partial charge on any atom is 0.149 e. The van der Waals surface area contributed by atoms with Crippen molar-refractivity contribution in [2.24, 2.45) is 0 Å². The van der Waals surface area contributed by atoms with Crippen LogP contribution in [0.25, 0.3) is 0 Å². The molecule has 1 unspecified atom stereocenters. The van der Waals surface area contributed by atoms with E-state index in [1.54, 1.807) is 26.6 Å². The van der Waals surface area contributed by atoms with Crippen LogP contribution in [0.1, 0.15) is 24.4 Å². The number of halogens is 1. The monoisotopic (exact) mass is 308 g/mol. The predicted molar refractivity (Wildman–Crippen MR) is 80.1 cm³/mol. The summed E-state index contributed by atoms with van der Waals surface area (Å²) < 4.78 is 25.6. The van der Waals surface area contributed by atoms with Gasteiger partial charge in [0.05, 0.1) is 19.8 Å². The second-order valence-corrected chi connectivity index (χ2v) is 4.93. The Bertz CT molecular complexity index is 603. The lowest BCUT2D eigenvalue weighted by molar-refractivity contribution is 0.185. The van der Waals surface area contributed by atoms with Gasteiger partial charge in [-0.3, -0.25) is 0 Å². The number of nitrogens with one attached hydrogen (secondary N) is 1. The zero-order chi connectivity index (χ0) is 15.9. The van der Waals surface area contributed by atoms with E-state index < -0.39 is 0 Å². The molecule has 0 aliphatic heterocycles. The SMILES string of the molecule is COCCn1cnnc1C(C)NCc1cc(F)ccc1OC. The van der Waals surface area contributed by atoms with Crippen LogP contribution in [0.15, 0.2) is 24.5 Å². The molecule has 0 aliphatic rings. The van der Waals surface area contributed by atoms with Gasteiger partial charge in [0.15, 0.2) is 0 Å². The Balaban J connectivity index is 2.02. The molecule has 7 heteroatoms. The van der Waals surface area contributed by atoms with Crippen LogP contribution in [0.3, 0.4) is 0 Å². The topological polar surface area (TPSA) is 61.2 Å². The second kappa shape index (κ2) is 7.86. The summed E-state index contributed by atoms with van der Waals surface area (Å²) in [6.07, 6.45) is 1.68. The van der Waals surface area contributed by atoms with Gasteiger partial charge in [-0.05, 0) is 25.1 Å². The lowest BCUT2D eigenvalue weighted by atomic mass is 10.2. The molecular weight excluding hydrogens is 287 g/mol. The Kier molecular flexibility index (Phi) is 5.85. The Hall–Kier alpha value is -1.99. The number of nitrogens with zero attached hydrogens (tertiary/aromatic N) is 3. The van der Waals surface area contributed by atoms with Gasteiger partial charge in [-0.2, -0.15) is 0 Å². The highest BCUT2D eigenvalue weighted by molar-refractivity contribution is 5.33. The molecule has 6 nitrogen and oxygen atoms in total. The Morgan fingerprint density at radius 2 is 2.18 bits per heavy atom. The van der Waals surface area contributed by atoms with Crippen molar-refractivity contribution in [3.63, 3.8) is 0 Å². The maximum atomic E-state index is 13.4. The van der Waals surface area contributed by atoms with Gasteiger partial charge in [0.1, 0.15) is 23.7 Å². The lowest BCUT2D eigenvalue weighted by Gasteiger charge is -2.16. The van der Waals surface area contributed by atoms with Crippen LogP contribution in [0.5, 0.6) is 5.75 Å². The lowest BCUT2D eigenvalue weighted by Crippen LogP contribution is -2.22. The van der Waals surface area contributed by atoms with E-state index >= 15 is 0 Å². The number of rotatable bonds is 8. The predicted octanol–water partition coefficient (Wildman–Crippen LogP) is 1.92. The van der Waals surface area contributed by atoms with Crippen molar-refractivity contribution in [2.45, 2.75) is 26.1 Å². The number of hydrogen-bond donors (Lipinski definition) is 1. The van der Waals surface area contributed by atoms with E-state index in [1.807, 2.05) is 11.5 Å². The molecule has 0 amide bonds. The van der Waals surface area contributed by atoms with Crippen molar-refractivity contribution in [1.29, 1.82) is 0 Å². The third-order valence-corrected chi connectivity index (χ3v) is 3.41. The molecule has 1 aromatic heterocycles. The third-order valence-electron chi connectivity index (χ3n) is 3.41. The normalized spacial score (nSPS) is 12.4. The summed E-state index contributed by atoms with van der Waals surface area (Å²) in [7, 11) is 3.23. The first-order chi connectivity index (χ1) is 10.7. The molecule has 0 bridgehead atoms. The minimum Gasteiger partial charge on any atom is -0.496 e. The van der Waals surface area contributed by atoms with Crippen LogP contribution in [-0.4, -0.2) is 35.6 Å². The van der Waals surface area contributed by atoms with Crippen LogP contribution in [0, 0.1) is 5.82 Å². The largest absolute Gasteiger partial charge is 0.496 e. The van der Waals surface area contributed by atoms with E-state index in [0.717, 1.165) is 11.4 Å². The summed E-state index contributed by atoms with van der Waals surface area (Å²) in [6.45, 7) is 3.74. The van der Waals surface area contributed by atoms with Gasteiger partial charge in [0.2, 0.25) is 0 Å². The third kappa shape index (κ3) is 4.02. The van der Waals surface area contributed by atoms with Crippen LogP contribution >= 0.6 is 0 Å². The van der Waals surface area contributed by atoms with E-state index in [0.29, 0.717) is 25.4 Å². The molecule has 120 valence electrons. The molecule has 0 saturated heterocycles. The van der Waals surface area contributed by atoms with Gasteiger partial charge < -0.3 is 19.4 Å². The summed E-state index contributed by atoms with van der Waals surface area (Å²) >= 11 is 0. The fourth-order valence-electron chi connectivity index (χ4n) is 2.20. The van der Waals surface area contributed by atoms with Crippen LogP contribution < -0.4 is 10.1 Å². The van der Waals surface area contributed by atoms with Crippen LogP contribution in [-0.2, 0) is 17.8 Å². The van der Waals surface area contributed by atoms with E-state index in [2.05, 4.69) is 15.5 Å². The quantitative estimate of drug-likeness (QED) is 0.807. The highest BCUT2D eigenvalue weighted by atomic mass is 19.1.